The standard InChI is InChI=1S/C22H19FN4O3/c1-2-17-25-21(29-13-18(28)24-12-15-10-6-7-11-16(15)23)19-20(27-30-22(19)26-17)14-8-4-3-5-9-14/h3-11H,2,12-13H2,1H3,(H,24,28). The van der Waals surface area contributed by atoms with E-state index in [1.165, 1.54) is 6.07 Å². The Labute approximate surface area is 171 Å². The van der Waals surface area contributed by atoms with Crippen molar-refractivity contribution in [3.8, 4) is 17.1 Å². The van der Waals surface area contributed by atoms with Crippen LogP contribution in [0.5, 0.6) is 5.88 Å². The van der Waals surface area contributed by atoms with Gasteiger partial charge in [0.15, 0.2) is 6.61 Å². The van der Waals surface area contributed by atoms with Gasteiger partial charge >= 0.3 is 0 Å². The Bertz CT molecular complexity index is 1180. The Morgan fingerprint density at radius 2 is 1.87 bits per heavy atom. The number of benzene rings is 2. The van der Waals surface area contributed by atoms with Crippen molar-refractivity contribution < 1.29 is 18.4 Å². The number of aromatic nitrogens is 3. The number of nitrogens with zero attached hydrogens (tertiary/aromatic N) is 3. The number of halogens is 1. The molecule has 0 spiro atoms. The van der Waals surface area contributed by atoms with Gasteiger partial charge in [-0.05, 0) is 6.07 Å². The minimum atomic E-state index is -0.402. The molecule has 0 unspecified atom stereocenters. The summed E-state index contributed by atoms with van der Waals surface area (Å²) in [5.74, 6) is -0.0420. The summed E-state index contributed by atoms with van der Waals surface area (Å²) in [6.07, 6.45) is 0.563. The average molecular weight is 406 g/mol. The minimum Gasteiger partial charge on any atom is -0.467 e. The Hall–Kier alpha value is -3.81. The van der Waals surface area contributed by atoms with Crippen LogP contribution in [0.4, 0.5) is 4.39 Å². The summed E-state index contributed by atoms with van der Waals surface area (Å²) in [4.78, 5) is 21.0. The molecule has 0 bridgehead atoms. The molecule has 0 aliphatic rings. The van der Waals surface area contributed by atoms with Crippen molar-refractivity contribution in [2.75, 3.05) is 6.61 Å². The molecule has 0 aliphatic heterocycles. The van der Waals surface area contributed by atoms with E-state index < -0.39 is 5.91 Å². The van der Waals surface area contributed by atoms with Crippen molar-refractivity contribution in [3.63, 3.8) is 0 Å². The average Bonchev–Trinajstić information content (AvgIpc) is 3.21. The second-order valence-electron chi connectivity index (χ2n) is 6.53. The third-order valence-corrected chi connectivity index (χ3v) is 4.49. The van der Waals surface area contributed by atoms with Crippen molar-refractivity contribution in [2.24, 2.45) is 0 Å². The Morgan fingerprint density at radius 3 is 2.63 bits per heavy atom. The van der Waals surface area contributed by atoms with Crippen LogP contribution in [0.15, 0.2) is 59.1 Å². The second-order valence-corrected chi connectivity index (χ2v) is 6.53. The summed E-state index contributed by atoms with van der Waals surface area (Å²) in [7, 11) is 0. The van der Waals surface area contributed by atoms with Crippen molar-refractivity contribution in [1.82, 2.24) is 20.4 Å². The molecule has 0 fully saturated rings. The van der Waals surface area contributed by atoms with Crippen LogP contribution in [0.2, 0.25) is 0 Å². The van der Waals surface area contributed by atoms with E-state index in [4.69, 9.17) is 9.26 Å². The number of amides is 1. The molecule has 0 saturated heterocycles. The van der Waals surface area contributed by atoms with Crippen LogP contribution in [-0.4, -0.2) is 27.6 Å². The van der Waals surface area contributed by atoms with E-state index in [0.29, 0.717) is 34.6 Å². The summed E-state index contributed by atoms with van der Waals surface area (Å²) < 4.78 is 24.8. The first-order valence-corrected chi connectivity index (χ1v) is 9.50. The van der Waals surface area contributed by atoms with Crippen LogP contribution in [0, 0.1) is 5.82 Å². The Balaban J connectivity index is 1.55. The molecule has 0 aliphatic carbocycles. The Morgan fingerprint density at radius 1 is 1.10 bits per heavy atom. The van der Waals surface area contributed by atoms with Crippen molar-refractivity contribution in [1.29, 1.82) is 0 Å². The zero-order chi connectivity index (χ0) is 20.9. The van der Waals surface area contributed by atoms with E-state index >= 15 is 0 Å². The van der Waals surface area contributed by atoms with Gasteiger partial charge in [0, 0.05) is 24.1 Å². The van der Waals surface area contributed by atoms with Gasteiger partial charge in [-0.3, -0.25) is 4.79 Å². The van der Waals surface area contributed by atoms with Crippen LogP contribution in [-0.2, 0) is 17.8 Å². The molecule has 7 nitrogen and oxygen atoms in total. The summed E-state index contributed by atoms with van der Waals surface area (Å²) >= 11 is 0. The molecular formula is C22H19FN4O3. The lowest BCUT2D eigenvalue weighted by Gasteiger charge is -2.09. The molecule has 2 aromatic carbocycles. The number of ether oxygens (including phenoxy) is 1. The fourth-order valence-corrected chi connectivity index (χ4v) is 2.94. The number of aryl methyl sites for hydroxylation is 1. The summed E-state index contributed by atoms with van der Waals surface area (Å²) in [6.45, 7) is 1.68. The molecule has 8 heteroatoms. The largest absolute Gasteiger partial charge is 0.467 e. The number of nitrogens with one attached hydrogen (secondary N) is 1. The predicted octanol–water partition coefficient (Wildman–Crippen LogP) is 3.68. The molecule has 152 valence electrons. The first-order valence-electron chi connectivity index (χ1n) is 9.50. The van der Waals surface area contributed by atoms with Gasteiger partial charge in [-0.1, -0.05) is 60.6 Å². The van der Waals surface area contributed by atoms with E-state index in [2.05, 4.69) is 20.4 Å². The van der Waals surface area contributed by atoms with E-state index in [9.17, 15) is 9.18 Å². The quantitative estimate of drug-likeness (QED) is 0.504. The number of carbonyl (C=O) groups is 1. The minimum absolute atomic E-state index is 0.0663. The van der Waals surface area contributed by atoms with E-state index in [1.54, 1.807) is 18.2 Å². The predicted molar refractivity (Wildman–Crippen MR) is 108 cm³/mol. The van der Waals surface area contributed by atoms with Gasteiger partial charge in [-0.25, -0.2) is 4.39 Å². The number of hydrogen-bond acceptors (Lipinski definition) is 6. The van der Waals surface area contributed by atoms with Gasteiger partial charge in [-0.15, -0.1) is 0 Å². The topological polar surface area (TPSA) is 90.1 Å². The van der Waals surface area contributed by atoms with Gasteiger partial charge in [0.05, 0.1) is 0 Å². The molecule has 4 rings (SSSR count). The van der Waals surface area contributed by atoms with Crippen molar-refractivity contribution >= 4 is 17.0 Å². The lowest BCUT2D eigenvalue weighted by atomic mass is 10.1. The van der Waals surface area contributed by atoms with Gasteiger partial charge in [-0.2, -0.15) is 9.97 Å². The number of rotatable bonds is 7. The van der Waals surface area contributed by atoms with Gasteiger partial charge < -0.3 is 14.6 Å². The molecular weight excluding hydrogens is 387 g/mol. The highest BCUT2D eigenvalue weighted by Crippen LogP contribution is 2.33. The van der Waals surface area contributed by atoms with Crippen LogP contribution < -0.4 is 10.1 Å². The number of carbonyl (C=O) groups excluding carboxylic acids is 1. The van der Waals surface area contributed by atoms with E-state index in [-0.39, 0.29) is 24.8 Å². The molecule has 0 radical (unpaired) electrons. The van der Waals surface area contributed by atoms with Crippen molar-refractivity contribution in [3.05, 3.63) is 71.8 Å². The van der Waals surface area contributed by atoms with Gasteiger partial charge in [0.1, 0.15) is 22.7 Å². The lowest BCUT2D eigenvalue weighted by Crippen LogP contribution is -2.29. The first kappa shape index (κ1) is 19.5. The fourth-order valence-electron chi connectivity index (χ4n) is 2.94. The third-order valence-electron chi connectivity index (χ3n) is 4.49. The van der Waals surface area contributed by atoms with Crippen LogP contribution in [0.3, 0.4) is 0 Å². The Kier molecular flexibility index (Phi) is 5.65. The highest BCUT2D eigenvalue weighted by Gasteiger charge is 2.20. The zero-order valence-corrected chi connectivity index (χ0v) is 16.3. The number of hydrogen-bond donors (Lipinski definition) is 1. The maximum Gasteiger partial charge on any atom is 0.265 e. The molecule has 30 heavy (non-hydrogen) atoms. The summed E-state index contributed by atoms with van der Waals surface area (Å²) in [6, 6.07) is 15.7. The molecule has 0 saturated carbocycles. The molecule has 2 aromatic heterocycles. The van der Waals surface area contributed by atoms with Gasteiger partial charge in [0.2, 0.25) is 5.88 Å². The first-order chi connectivity index (χ1) is 14.7. The highest BCUT2D eigenvalue weighted by molar-refractivity contribution is 5.93. The van der Waals surface area contributed by atoms with E-state index in [0.717, 1.165) is 5.56 Å². The van der Waals surface area contributed by atoms with Crippen molar-refractivity contribution in [2.45, 2.75) is 19.9 Å². The molecule has 4 aromatic rings. The SMILES string of the molecule is CCc1nc(OCC(=O)NCc2ccccc2F)c2c(-c3ccccc3)noc2n1. The molecule has 0 atom stereocenters. The zero-order valence-electron chi connectivity index (χ0n) is 16.3. The molecule has 1 amide bonds. The van der Waals surface area contributed by atoms with E-state index in [1.807, 2.05) is 37.3 Å². The van der Waals surface area contributed by atoms with Crippen LogP contribution in [0.25, 0.3) is 22.4 Å². The maximum atomic E-state index is 13.7. The lowest BCUT2D eigenvalue weighted by molar-refractivity contribution is -0.123. The summed E-state index contributed by atoms with van der Waals surface area (Å²) in [5, 5.41) is 7.26. The maximum absolute atomic E-state index is 13.7. The smallest absolute Gasteiger partial charge is 0.265 e. The third kappa shape index (κ3) is 4.12. The normalized spacial score (nSPS) is 10.9. The second kappa shape index (κ2) is 8.69. The fraction of sp³-hybridized carbons (Fsp3) is 0.182. The highest BCUT2D eigenvalue weighted by atomic mass is 19.1. The monoisotopic (exact) mass is 406 g/mol. The van der Waals surface area contributed by atoms with Crippen LogP contribution >= 0.6 is 0 Å². The van der Waals surface area contributed by atoms with Gasteiger partial charge in [0.25, 0.3) is 11.6 Å². The number of fused-ring (bicyclic) bond motifs is 1. The molecule has 2 heterocycles. The van der Waals surface area contributed by atoms with Crippen LogP contribution in [0.1, 0.15) is 18.3 Å². The summed E-state index contributed by atoms with van der Waals surface area (Å²) in [5.41, 5.74) is 2.05. The molecule has 1 N–H and O–H groups in total.